The lowest BCUT2D eigenvalue weighted by Crippen LogP contribution is -2.34. The summed E-state index contributed by atoms with van der Waals surface area (Å²) < 4.78 is 36.1. The van der Waals surface area contributed by atoms with Gasteiger partial charge in [-0.1, -0.05) is 6.07 Å². The molecule has 0 unspecified atom stereocenters. The van der Waals surface area contributed by atoms with Gasteiger partial charge in [-0.3, -0.25) is 14.1 Å². The zero-order valence-electron chi connectivity index (χ0n) is 15.5. The van der Waals surface area contributed by atoms with Crippen molar-refractivity contribution in [3.8, 4) is 11.5 Å². The topological polar surface area (TPSA) is 97.8 Å². The maximum atomic E-state index is 12.2. The third-order valence-electron chi connectivity index (χ3n) is 3.81. The molecule has 27 heavy (non-hydrogen) atoms. The fourth-order valence-corrected chi connectivity index (χ4v) is 3.38. The average molecular weight is 393 g/mol. The minimum atomic E-state index is -3.61. The van der Waals surface area contributed by atoms with Crippen molar-refractivity contribution in [3.63, 3.8) is 0 Å². The van der Waals surface area contributed by atoms with E-state index in [2.05, 4.69) is 10.3 Å². The van der Waals surface area contributed by atoms with Crippen molar-refractivity contribution in [3.05, 3.63) is 48.3 Å². The van der Waals surface area contributed by atoms with Gasteiger partial charge in [0, 0.05) is 38.0 Å². The molecule has 0 bridgehead atoms. The van der Waals surface area contributed by atoms with Crippen LogP contribution in [0.1, 0.15) is 12.0 Å². The highest BCUT2D eigenvalue weighted by Gasteiger charge is 2.22. The van der Waals surface area contributed by atoms with Crippen LogP contribution in [0.4, 0.5) is 5.69 Å². The lowest BCUT2D eigenvalue weighted by molar-refractivity contribution is -0.121. The SMILES string of the molecule is COc1ccc(N(CCC(=O)NCc2cccnc2)S(C)(=O)=O)c(OC)c1. The Morgan fingerprint density at radius 1 is 1.22 bits per heavy atom. The predicted molar refractivity (Wildman–Crippen MR) is 102 cm³/mol. The Hall–Kier alpha value is -2.81. The van der Waals surface area contributed by atoms with Gasteiger partial charge in [-0.15, -0.1) is 0 Å². The third-order valence-corrected chi connectivity index (χ3v) is 4.99. The summed E-state index contributed by atoms with van der Waals surface area (Å²) in [6.45, 7) is 0.317. The Balaban J connectivity index is 2.08. The number of hydrogen-bond acceptors (Lipinski definition) is 6. The van der Waals surface area contributed by atoms with Gasteiger partial charge in [-0.25, -0.2) is 8.42 Å². The monoisotopic (exact) mass is 393 g/mol. The summed E-state index contributed by atoms with van der Waals surface area (Å²) in [6.07, 6.45) is 4.40. The van der Waals surface area contributed by atoms with E-state index in [0.29, 0.717) is 23.7 Å². The Kier molecular flexibility index (Phi) is 7.00. The second-order valence-electron chi connectivity index (χ2n) is 5.76. The number of anilines is 1. The summed E-state index contributed by atoms with van der Waals surface area (Å²) in [5.74, 6) is 0.619. The van der Waals surface area contributed by atoms with Crippen LogP contribution in [0.3, 0.4) is 0 Å². The highest BCUT2D eigenvalue weighted by Crippen LogP contribution is 2.33. The van der Waals surface area contributed by atoms with Crippen LogP contribution in [0.15, 0.2) is 42.7 Å². The standard InChI is InChI=1S/C18H23N3O5S/c1-25-15-6-7-16(17(11-15)26-2)21(27(3,23)24)10-8-18(22)20-13-14-5-4-9-19-12-14/h4-7,9,11-12H,8,10,13H2,1-3H3,(H,20,22). The fourth-order valence-electron chi connectivity index (χ4n) is 2.45. The van der Waals surface area contributed by atoms with Crippen LogP contribution in [0.2, 0.25) is 0 Å². The van der Waals surface area contributed by atoms with Crippen molar-refractivity contribution in [2.45, 2.75) is 13.0 Å². The zero-order valence-corrected chi connectivity index (χ0v) is 16.3. The van der Waals surface area contributed by atoms with E-state index in [1.165, 1.54) is 14.2 Å². The summed E-state index contributed by atoms with van der Waals surface area (Å²) in [6, 6.07) is 8.45. The molecule has 0 atom stereocenters. The van der Waals surface area contributed by atoms with Crippen molar-refractivity contribution in [2.24, 2.45) is 0 Å². The lowest BCUT2D eigenvalue weighted by atomic mass is 10.2. The average Bonchev–Trinajstić information content (AvgIpc) is 2.66. The summed E-state index contributed by atoms with van der Waals surface area (Å²) in [5, 5.41) is 2.75. The predicted octanol–water partition coefficient (Wildman–Crippen LogP) is 1.57. The normalized spacial score (nSPS) is 10.9. The smallest absolute Gasteiger partial charge is 0.232 e. The Morgan fingerprint density at radius 3 is 2.59 bits per heavy atom. The molecule has 8 nitrogen and oxygen atoms in total. The number of carbonyl (C=O) groups is 1. The Labute approximate surface area is 159 Å². The number of carbonyl (C=O) groups excluding carboxylic acids is 1. The maximum absolute atomic E-state index is 12.2. The van der Waals surface area contributed by atoms with Crippen LogP contribution in [0.25, 0.3) is 0 Å². The quantitative estimate of drug-likeness (QED) is 0.694. The van der Waals surface area contributed by atoms with Crippen LogP contribution in [-0.4, -0.2) is 46.3 Å². The molecule has 146 valence electrons. The maximum Gasteiger partial charge on any atom is 0.232 e. The highest BCUT2D eigenvalue weighted by molar-refractivity contribution is 7.92. The second kappa shape index (κ2) is 9.22. The van der Waals surface area contributed by atoms with Gasteiger partial charge in [0.2, 0.25) is 15.9 Å². The summed E-state index contributed by atoms with van der Waals surface area (Å²) in [4.78, 5) is 16.1. The van der Waals surface area contributed by atoms with E-state index in [0.717, 1.165) is 16.1 Å². The molecule has 0 aliphatic carbocycles. The molecule has 1 aromatic heterocycles. The first-order valence-corrected chi connectivity index (χ1v) is 10.1. The molecule has 1 N–H and O–H groups in total. The third kappa shape index (κ3) is 5.85. The number of aromatic nitrogens is 1. The number of nitrogens with one attached hydrogen (secondary N) is 1. The van der Waals surface area contributed by atoms with E-state index in [4.69, 9.17) is 9.47 Å². The van der Waals surface area contributed by atoms with Gasteiger partial charge >= 0.3 is 0 Å². The number of benzene rings is 1. The number of nitrogens with zero attached hydrogens (tertiary/aromatic N) is 2. The van der Waals surface area contributed by atoms with Gasteiger partial charge < -0.3 is 14.8 Å². The molecular formula is C18H23N3O5S. The molecule has 2 aromatic rings. The Bertz CT molecular complexity index is 872. The minimum absolute atomic E-state index is 0.00250. The van der Waals surface area contributed by atoms with Gasteiger partial charge in [-0.2, -0.15) is 0 Å². The molecule has 0 saturated carbocycles. The number of pyridine rings is 1. The van der Waals surface area contributed by atoms with E-state index < -0.39 is 10.0 Å². The number of ether oxygens (including phenoxy) is 2. The number of rotatable bonds is 9. The van der Waals surface area contributed by atoms with Crippen molar-refractivity contribution in [1.82, 2.24) is 10.3 Å². The van der Waals surface area contributed by atoms with Crippen LogP contribution in [0.5, 0.6) is 11.5 Å². The van der Waals surface area contributed by atoms with Crippen molar-refractivity contribution < 1.29 is 22.7 Å². The number of methoxy groups -OCH3 is 2. The molecule has 1 heterocycles. The number of sulfonamides is 1. The van der Waals surface area contributed by atoms with Gasteiger partial charge in [0.1, 0.15) is 11.5 Å². The molecular weight excluding hydrogens is 370 g/mol. The van der Waals surface area contributed by atoms with Crippen molar-refractivity contribution >= 4 is 21.6 Å². The molecule has 0 fully saturated rings. The summed E-state index contributed by atoms with van der Waals surface area (Å²) in [5.41, 5.74) is 1.21. The van der Waals surface area contributed by atoms with E-state index in [1.807, 2.05) is 6.07 Å². The molecule has 0 saturated heterocycles. The van der Waals surface area contributed by atoms with Crippen LogP contribution in [-0.2, 0) is 21.4 Å². The van der Waals surface area contributed by atoms with Gasteiger partial charge in [0.05, 0.1) is 26.2 Å². The molecule has 0 aliphatic rings. The van der Waals surface area contributed by atoms with Gasteiger partial charge in [-0.05, 0) is 23.8 Å². The first kappa shape index (κ1) is 20.5. The van der Waals surface area contributed by atoms with Gasteiger partial charge in [0.15, 0.2) is 0 Å². The van der Waals surface area contributed by atoms with E-state index in [-0.39, 0.29) is 18.9 Å². The molecule has 0 radical (unpaired) electrons. The number of amides is 1. The van der Waals surface area contributed by atoms with Crippen molar-refractivity contribution in [2.75, 3.05) is 31.3 Å². The van der Waals surface area contributed by atoms with Crippen LogP contribution < -0.4 is 19.1 Å². The zero-order chi connectivity index (χ0) is 19.9. The second-order valence-corrected chi connectivity index (χ2v) is 7.67. The largest absolute Gasteiger partial charge is 0.497 e. The van der Waals surface area contributed by atoms with Crippen LogP contribution >= 0.6 is 0 Å². The molecule has 0 aliphatic heterocycles. The van der Waals surface area contributed by atoms with E-state index in [9.17, 15) is 13.2 Å². The summed E-state index contributed by atoms with van der Waals surface area (Å²) in [7, 11) is -0.657. The van der Waals surface area contributed by atoms with Crippen LogP contribution in [0, 0.1) is 0 Å². The first-order chi connectivity index (χ1) is 12.8. The fraction of sp³-hybridized carbons (Fsp3) is 0.333. The van der Waals surface area contributed by atoms with Crippen molar-refractivity contribution in [1.29, 1.82) is 0 Å². The van der Waals surface area contributed by atoms with E-state index >= 15 is 0 Å². The van der Waals surface area contributed by atoms with E-state index in [1.54, 1.807) is 36.7 Å². The summed E-state index contributed by atoms with van der Waals surface area (Å²) >= 11 is 0. The minimum Gasteiger partial charge on any atom is -0.497 e. The molecule has 9 heteroatoms. The molecule has 1 aromatic carbocycles. The first-order valence-electron chi connectivity index (χ1n) is 8.20. The highest BCUT2D eigenvalue weighted by atomic mass is 32.2. The lowest BCUT2D eigenvalue weighted by Gasteiger charge is -2.24. The molecule has 0 spiro atoms. The number of hydrogen-bond donors (Lipinski definition) is 1. The molecule has 1 amide bonds. The van der Waals surface area contributed by atoms with Gasteiger partial charge in [0.25, 0.3) is 0 Å². The Morgan fingerprint density at radius 2 is 2.00 bits per heavy atom. The molecule has 2 rings (SSSR count).